The molecule has 1 fully saturated rings. The first kappa shape index (κ1) is 21.5. The molecule has 0 aliphatic carbocycles. The Labute approximate surface area is 175 Å². The highest BCUT2D eigenvalue weighted by Crippen LogP contribution is 2.15. The lowest BCUT2D eigenvalue weighted by atomic mass is 10.0. The maximum atomic E-state index is 14.0. The number of hydrogen-bond acceptors (Lipinski definition) is 3. The van der Waals surface area contributed by atoms with Gasteiger partial charge in [-0.05, 0) is 36.6 Å². The van der Waals surface area contributed by atoms with Gasteiger partial charge in [-0.3, -0.25) is 14.4 Å². The summed E-state index contributed by atoms with van der Waals surface area (Å²) in [5.74, 6) is -1.12. The van der Waals surface area contributed by atoms with Crippen molar-refractivity contribution in [3.8, 4) is 0 Å². The fourth-order valence-corrected chi connectivity index (χ4v) is 3.63. The molecule has 0 spiro atoms. The predicted molar refractivity (Wildman–Crippen MR) is 111 cm³/mol. The molecule has 30 heavy (non-hydrogen) atoms. The van der Waals surface area contributed by atoms with Gasteiger partial charge in [0.25, 0.3) is 5.91 Å². The van der Waals surface area contributed by atoms with Crippen molar-refractivity contribution in [3.05, 3.63) is 71.5 Å². The number of nitrogens with one attached hydrogen (secondary N) is 2. The zero-order chi connectivity index (χ0) is 21.5. The molecule has 1 heterocycles. The molecule has 158 valence electrons. The average molecular weight is 411 g/mol. The Hall–Kier alpha value is -3.22. The van der Waals surface area contributed by atoms with Crippen LogP contribution in [0.25, 0.3) is 0 Å². The van der Waals surface area contributed by atoms with Crippen molar-refractivity contribution in [3.63, 3.8) is 0 Å². The Balaban J connectivity index is 1.56. The molecule has 0 bridgehead atoms. The van der Waals surface area contributed by atoms with Crippen LogP contribution in [0.1, 0.15) is 35.7 Å². The van der Waals surface area contributed by atoms with Gasteiger partial charge in [0.05, 0.1) is 0 Å². The SMILES string of the molecule is CC(=O)N[C@H](Cc1ccccc1F)C(=O)NC1CCN(C(=O)c2ccccc2)CC1. The van der Waals surface area contributed by atoms with Crippen molar-refractivity contribution in [2.24, 2.45) is 0 Å². The van der Waals surface area contributed by atoms with Crippen molar-refractivity contribution in [1.82, 2.24) is 15.5 Å². The number of likely N-dealkylation sites (tertiary alicyclic amines) is 1. The van der Waals surface area contributed by atoms with E-state index in [-0.39, 0.29) is 30.2 Å². The normalized spacial score (nSPS) is 15.3. The molecule has 1 atom stereocenters. The molecule has 2 aromatic carbocycles. The zero-order valence-corrected chi connectivity index (χ0v) is 16.9. The first-order chi connectivity index (χ1) is 14.4. The van der Waals surface area contributed by atoms with Crippen molar-refractivity contribution >= 4 is 17.7 Å². The van der Waals surface area contributed by atoms with Crippen LogP contribution in [-0.4, -0.2) is 47.8 Å². The largest absolute Gasteiger partial charge is 0.351 e. The number of piperidine rings is 1. The van der Waals surface area contributed by atoms with Crippen molar-refractivity contribution in [2.75, 3.05) is 13.1 Å². The van der Waals surface area contributed by atoms with Gasteiger partial charge in [0.1, 0.15) is 11.9 Å². The van der Waals surface area contributed by atoms with Crippen LogP contribution in [0.4, 0.5) is 4.39 Å². The molecule has 0 radical (unpaired) electrons. The van der Waals surface area contributed by atoms with Crippen LogP contribution in [0, 0.1) is 5.82 Å². The van der Waals surface area contributed by atoms with Crippen LogP contribution in [0.15, 0.2) is 54.6 Å². The lowest BCUT2D eigenvalue weighted by Crippen LogP contribution is -2.53. The summed E-state index contributed by atoms with van der Waals surface area (Å²) in [4.78, 5) is 38.6. The fourth-order valence-electron chi connectivity index (χ4n) is 3.63. The van der Waals surface area contributed by atoms with Gasteiger partial charge < -0.3 is 15.5 Å². The van der Waals surface area contributed by atoms with Gasteiger partial charge >= 0.3 is 0 Å². The average Bonchev–Trinajstić information content (AvgIpc) is 2.75. The lowest BCUT2D eigenvalue weighted by Gasteiger charge is -2.33. The van der Waals surface area contributed by atoms with Crippen molar-refractivity contribution in [2.45, 2.75) is 38.3 Å². The molecular weight excluding hydrogens is 385 g/mol. The number of benzene rings is 2. The number of carbonyl (C=O) groups excluding carboxylic acids is 3. The monoisotopic (exact) mass is 411 g/mol. The number of carbonyl (C=O) groups is 3. The van der Waals surface area contributed by atoms with Gasteiger partial charge in [-0.1, -0.05) is 36.4 Å². The molecule has 2 aromatic rings. The zero-order valence-electron chi connectivity index (χ0n) is 16.9. The first-order valence-electron chi connectivity index (χ1n) is 10.1. The molecule has 1 saturated heterocycles. The summed E-state index contributed by atoms with van der Waals surface area (Å²) in [5.41, 5.74) is 1.02. The van der Waals surface area contributed by atoms with E-state index >= 15 is 0 Å². The second-order valence-electron chi connectivity index (χ2n) is 7.49. The summed E-state index contributed by atoms with van der Waals surface area (Å²) in [5, 5.41) is 5.56. The smallest absolute Gasteiger partial charge is 0.253 e. The molecule has 3 amide bonds. The molecule has 6 nitrogen and oxygen atoms in total. The summed E-state index contributed by atoms with van der Waals surface area (Å²) >= 11 is 0. The molecule has 2 N–H and O–H groups in total. The maximum Gasteiger partial charge on any atom is 0.253 e. The fraction of sp³-hybridized carbons (Fsp3) is 0.348. The summed E-state index contributed by atoms with van der Waals surface area (Å²) in [6.07, 6.45) is 1.32. The number of amides is 3. The van der Waals surface area contributed by atoms with E-state index < -0.39 is 11.9 Å². The third-order valence-electron chi connectivity index (χ3n) is 5.23. The van der Waals surface area contributed by atoms with Crippen LogP contribution in [-0.2, 0) is 16.0 Å². The van der Waals surface area contributed by atoms with E-state index in [9.17, 15) is 18.8 Å². The second-order valence-corrected chi connectivity index (χ2v) is 7.49. The van der Waals surface area contributed by atoms with Crippen molar-refractivity contribution in [1.29, 1.82) is 0 Å². The summed E-state index contributed by atoms with van der Waals surface area (Å²) in [6, 6.07) is 14.4. The molecule has 7 heteroatoms. The molecule has 0 saturated carbocycles. The Morgan fingerprint density at radius 3 is 2.30 bits per heavy atom. The van der Waals surface area contributed by atoms with Gasteiger partial charge in [0.15, 0.2) is 0 Å². The quantitative estimate of drug-likeness (QED) is 0.766. The number of hydrogen-bond donors (Lipinski definition) is 2. The highest BCUT2D eigenvalue weighted by molar-refractivity contribution is 5.94. The molecule has 1 aliphatic rings. The summed E-state index contributed by atoms with van der Waals surface area (Å²) in [7, 11) is 0. The van der Waals surface area contributed by atoms with Crippen LogP contribution in [0.3, 0.4) is 0 Å². The maximum absolute atomic E-state index is 14.0. The topological polar surface area (TPSA) is 78.5 Å². The number of rotatable bonds is 6. The van der Waals surface area contributed by atoms with Gasteiger partial charge in [0, 0.05) is 38.0 Å². The van der Waals surface area contributed by atoms with E-state index in [1.165, 1.54) is 13.0 Å². The van der Waals surface area contributed by atoms with Gasteiger partial charge in [-0.15, -0.1) is 0 Å². The first-order valence-corrected chi connectivity index (χ1v) is 10.1. The van der Waals surface area contributed by atoms with Crippen LogP contribution in [0.5, 0.6) is 0 Å². The van der Waals surface area contributed by atoms with E-state index in [0.29, 0.717) is 37.1 Å². The molecular formula is C23H26FN3O3. The Kier molecular flexibility index (Phi) is 7.17. The van der Waals surface area contributed by atoms with Crippen molar-refractivity contribution < 1.29 is 18.8 Å². The molecule has 0 aromatic heterocycles. The van der Waals surface area contributed by atoms with E-state index in [1.54, 1.807) is 35.2 Å². The molecule has 0 unspecified atom stereocenters. The van der Waals surface area contributed by atoms with E-state index in [0.717, 1.165) is 0 Å². The Bertz CT molecular complexity index is 896. The Morgan fingerprint density at radius 1 is 1.03 bits per heavy atom. The molecule has 3 rings (SSSR count). The Morgan fingerprint density at radius 2 is 1.67 bits per heavy atom. The minimum Gasteiger partial charge on any atom is -0.351 e. The second kappa shape index (κ2) is 10.0. The van der Waals surface area contributed by atoms with E-state index in [1.807, 2.05) is 18.2 Å². The third kappa shape index (κ3) is 5.65. The number of nitrogens with zero attached hydrogens (tertiary/aromatic N) is 1. The van der Waals surface area contributed by atoms with E-state index in [2.05, 4.69) is 10.6 Å². The lowest BCUT2D eigenvalue weighted by molar-refractivity contribution is -0.128. The minimum atomic E-state index is -0.858. The highest BCUT2D eigenvalue weighted by Gasteiger charge is 2.28. The van der Waals surface area contributed by atoms with Crippen LogP contribution < -0.4 is 10.6 Å². The third-order valence-corrected chi connectivity index (χ3v) is 5.23. The van der Waals surface area contributed by atoms with E-state index in [4.69, 9.17) is 0 Å². The predicted octanol–water partition coefficient (Wildman–Crippen LogP) is 2.29. The van der Waals surface area contributed by atoms with Crippen LogP contribution >= 0.6 is 0 Å². The number of halogens is 1. The summed E-state index contributed by atoms with van der Waals surface area (Å²) < 4.78 is 14.0. The molecule has 1 aliphatic heterocycles. The minimum absolute atomic E-state index is 0.0175. The van der Waals surface area contributed by atoms with Gasteiger partial charge in [0.2, 0.25) is 11.8 Å². The van der Waals surface area contributed by atoms with Crippen LogP contribution in [0.2, 0.25) is 0 Å². The van der Waals surface area contributed by atoms with Gasteiger partial charge in [-0.2, -0.15) is 0 Å². The summed E-state index contributed by atoms with van der Waals surface area (Å²) in [6.45, 7) is 2.41. The standard InChI is InChI=1S/C23H26FN3O3/c1-16(28)25-21(15-18-9-5-6-10-20(18)24)22(29)26-19-11-13-27(14-12-19)23(30)17-7-3-2-4-8-17/h2-10,19,21H,11-15H2,1H3,(H,25,28)(H,26,29)/t21-/m1/s1. The van der Waals surface area contributed by atoms with Gasteiger partial charge in [-0.25, -0.2) is 4.39 Å². The highest BCUT2D eigenvalue weighted by atomic mass is 19.1.